The molecule has 0 radical (unpaired) electrons. The second kappa shape index (κ2) is 5.15. The van der Waals surface area contributed by atoms with Crippen LogP contribution in [0.1, 0.15) is 49.8 Å². The van der Waals surface area contributed by atoms with Crippen molar-refractivity contribution in [1.82, 2.24) is 0 Å². The number of unbranched alkanes of at least 4 members (excludes halogenated alkanes) is 1. The fraction of sp³-hybridized carbons (Fsp3) is 0.500. The maximum absolute atomic E-state index is 5.98. The van der Waals surface area contributed by atoms with E-state index in [9.17, 15) is 0 Å². The predicted molar refractivity (Wildman–Crippen MR) is 72.1 cm³/mol. The summed E-state index contributed by atoms with van der Waals surface area (Å²) in [6.07, 6.45) is 4.56. The van der Waals surface area contributed by atoms with Gasteiger partial charge >= 0.3 is 0 Å². The van der Waals surface area contributed by atoms with E-state index in [1.54, 1.807) is 0 Å². The van der Waals surface area contributed by atoms with E-state index in [1.807, 2.05) is 0 Å². The number of allylic oxidation sites excluding steroid dienone is 1. The van der Waals surface area contributed by atoms with Crippen molar-refractivity contribution in [2.45, 2.75) is 38.7 Å². The smallest absolute Gasteiger partial charge is 0.140 e. The molecule has 0 spiro atoms. The van der Waals surface area contributed by atoms with E-state index in [4.69, 9.17) is 9.47 Å². The van der Waals surface area contributed by atoms with Crippen molar-refractivity contribution in [3.8, 4) is 0 Å². The molecule has 18 heavy (non-hydrogen) atoms. The normalized spacial score (nSPS) is 22.2. The molecule has 2 nitrogen and oxygen atoms in total. The fourth-order valence-electron chi connectivity index (χ4n) is 2.81. The molecule has 1 atom stereocenters. The molecule has 0 bridgehead atoms. The van der Waals surface area contributed by atoms with Crippen LogP contribution < -0.4 is 0 Å². The molecular formula is C16H20O2. The molecule has 0 saturated carbocycles. The van der Waals surface area contributed by atoms with E-state index in [1.165, 1.54) is 29.5 Å². The summed E-state index contributed by atoms with van der Waals surface area (Å²) in [5.41, 5.74) is 4.01. The summed E-state index contributed by atoms with van der Waals surface area (Å²) in [5.74, 6) is 1.09. The molecule has 0 N–H and O–H groups in total. The van der Waals surface area contributed by atoms with Crippen molar-refractivity contribution < 1.29 is 9.47 Å². The van der Waals surface area contributed by atoms with Crippen LogP contribution in [0.25, 0.3) is 5.57 Å². The second-order valence-electron chi connectivity index (χ2n) is 4.99. The fourth-order valence-corrected chi connectivity index (χ4v) is 2.81. The first kappa shape index (κ1) is 11.8. The standard InChI is InChI=1S/C16H20O2/c1-2-3-7-13-12-8-4-5-9-14(12)16-15(13)17-10-6-11-18-16/h4-5,8-9,16H,2-3,6-7,10-11H2,1H3. The molecule has 2 heteroatoms. The molecule has 0 aromatic heterocycles. The Morgan fingerprint density at radius 2 is 2.11 bits per heavy atom. The van der Waals surface area contributed by atoms with Crippen LogP contribution in [0.15, 0.2) is 30.0 Å². The van der Waals surface area contributed by atoms with Gasteiger partial charge in [-0.3, -0.25) is 0 Å². The van der Waals surface area contributed by atoms with E-state index >= 15 is 0 Å². The quantitative estimate of drug-likeness (QED) is 0.797. The molecule has 0 amide bonds. The Bertz CT molecular complexity index is 462. The van der Waals surface area contributed by atoms with Gasteiger partial charge in [0.05, 0.1) is 13.2 Å². The molecule has 1 unspecified atom stereocenters. The van der Waals surface area contributed by atoms with E-state index in [0.717, 1.165) is 31.8 Å². The predicted octanol–water partition coefficient (Wildman–Crippen LogP) is 4.08. The molecule has 96 valence electrons. The van der Waals surface area contributed by atoms with Gasteiger partial charge in [-0.25, -0.2) is 0 Å². The zero-order valence-electron chi connectivity index (χ0n) is 10.9. The molecule has 1 fully saturated rings. The topological polar surface area (TPSA) is 18.5 Å². The van der Waals surface area contributed by atoms with Gasteiger partial charge in [0.25, 0.3) is 0 Å². The third-order valence-corrected chi connectivity index (χ3v) is 3.72. The summed E-state index contributed by atoms with van der Waals surface area (Å²) in [6, 6.07) is 8.58. The Labute approximate surface area is 109 Å². The highest BCUT2D eigenvalue weighted by Crippen LogP contribution is 2.45. The summed E-state index contributed by atoms with van der Waals surface area (Å²) in [7, 11) is 0. The van der Waals surface area contributed by atoms with Crippen molar-refractivity contribution in [1.29, 1.82) is 0 Å². The first-order chi connectivity index (χ1) is 8.92. The van der Waals surface area contributed by atoms with Crippen molar-refractivity contribution in [3.05, 3.63) is 41.2 Å². The van der Waals surface area contributed by atoms with Gasteiger partial charge in [0.1, 0.15) is 11.9 Å². The number of hydrogen-bond donors (Lipinski definition) is 0. The Morgan fingerprint density at radius 1 is 1.22 bits per heavy atom. The molecule has 2 aliphatic rings. The van der Waals surface area contributed by atoms with Crippen LogP contribution in [0, 0.1) is 0 Å². The monoisotopic (exact) mass is 244 g/mol. The second-order valence-corrected chi connectivity index (χ2v) is 4.99. The van der Waals surface area contributed by atoms with Gasteiger partial charge in [-0.2, -0.15) is 0 Å². The lowest BCUT2D eigenvalue weighted by molar-refractivity contribution is 0.0718. The summed E-state index contributed by atoms with van der Waals surface area (Å²) >= 11 is 0. The minimum absolute atomic E-state index is 0.0514. The van der Waals surface area contributed by atoms with Gasteiger partial charge in [0, 0.05) is 12.0 Å². The van der Waals surface area contributed by atoms with Crippen LogP contribution in [-0.2, 0) is 9.47 Å². The van der Waals surface area contributed by atoms with Crippen molar-refractivity contribution in [2.24, 2.45) is 0 Å². The first-order valence-electron chi connectivity index (χ1n) is 6.98. The zero-order chi connectivity index (χ0) is 12.4. The number of fused-ring (bicyclic) bond motifs is 3. The Hall–Kier alpha value is -1.28. The SMILES string of the molecule is CCCCC1=C2OCCCOC2c2ccccc21. The maximum atomic E-state index is 5.98. The van der Waals surface area contributed by atoms with Crippen LogP contribution in [0.3, 0.4) is 0 Å². The molecule has 1 aromatic rings. The summed E-state index contributed by atoms with van der Waals surface area (Å²) < 4.78 is 12.0. The van der Waals surface area contributed by atoms with Crippen LogP contribution >= 0.6 is 0 Å². The molecule has 1 aliphatic carbocycles. The largest absolute Gasteiger partial charge is 0.494 e. The molecule has 1 aliphatic heterocycles. The van der Waals surface area contributed by atoms with E-state index < -0.39 is 0 Å². The minimum atomic E-state index is 0.0514. The third kappa shape index (κ3) is 1.95. The number of hydrogen-bond acceptors (Lipinski definition) is 2. The first-order valence-corrected chi connectivity index (χ1v) is 6.98. The van der Waals surface area contributed by atoms with Crippen LogP contribution in [0.4, 0.5) is 0 Å². The van der Waals surface area contributed by atoms with Crippen molar-refractivity contribution in [2.75, 3.05) is 13.2 Å². The molecule has 1 aromatic carbocycles. The van der Waals surface area contributed by atoms with Crippen molar-refractivity contribution >= 4 is 5.57 Å². The number of benzene rings is 1. The Balaban J connectivity index is 2.01. The molecule has 1 heterocycles. The highest BCUT2D eigenvalue weighted by molar-refractivity contribution is 5.76. The Kier molecular flexibility index (Phi) is 3.37. The summed E-state index contributed by atoms with van der Waals surface area (Å²) in [5, 5.41) is 0. The van der Waals surface area contributed by atoms with E-state index in [2.05, 4.69) is 31.2 Å². The van der Waals surface area contributed by atoms with E-state index in [-0.39, 0.29) is 6.10 Å². The molecule has 3 rings (SSSR count). The number of rotatable bonds is 3. The summed E-state index contributed by atoms with van der Waals surface area (Å²) in [6.45, 7) is 3.81. The van der Waals surface area contributed by atoms with Crippen LogP contribution in [0.2, 0.25) is 0 Å². The zero-order valence-corrected chi connectivity index (χ0v) is 10.9. The van der Waals surface area contributed by atoms with Gasteiger partial charge < -0.3 is 9.47 Å². The Morgan fingerprint density at radius 3 is 3.00 bits per heavy atom. The highest BCUT2D eigenvalue weighted by atomic mass is 16.5. The highest BCUT2D eigenvalue weighted by Gasteiger charge is 2.33. The lowest BCUT2D eigenvalue weighted by Crippen LogP contribution is -2.03. The number of ether oxygens (including phenoxy) is 2. The minimum Gasteiger partial charge on any atom is -0.494 e. The lowest BCUT2D eigenvalue weighted by atomic mass is 10.0. The molecule has 1 saturated heterocycles. The lowest BCUT2D eigenvalue weighted by Gasteiger charge is -2.13. The average Bonchev–Trinajstić information content (AvgIpc) is 2.56. The van der Waals surface area contributed by atoms with Gasteiger partial charge in [0.15, 0.2) is 0 Å². The summed E-state index contributed by atoms with van der Waals surface area (Å²) in [4.78, 5) is 0. The van der Waals surface area contributed by atoms with Gasteiger partial charge in [-0.1, -0.05) is 37.6 Å². The van der Waals surface area contributed by atoms with Crippen LogP contribution in [0.5, 0.6) is 0 Å². The third-order valence-electron chi connectivity index (χ3n) is 3.72. The van der Waals surface area contributed by atoms with Crippen molar-refractivity contribution in [3.63, 3.8) is 0 Å². The maximum Gasteiger partial charge on any atom is 0.140 e. The van der Waals surface area contributed by atoms with E-state index in [0.29, 0.717) is 0 Å². The van der Waals surface area contributed by atoms with Gasteiger partial charge in [0.2, 0.25) is 0 Å². The van der Waals surface area contributed by atoms with Crippen LogP contribution in [-0.4, -0.2) is 13.2 Å². The van der Waals surface area contributed by atoms with Gasteiger partial charge in [-0.15, -0.1) is 0 Å². The van der Waals surface area contributed by atoms with Gasteiger partial charge in [-0.05, 0) is 24.0 Å². The molecular weight excluding hydrogens is 224 g/mol. The average molecular weight is 244 g/mol.